The Bertz CT molecular complexity index is 1620. The molecule has 9 nitrogen and oxygen atoms in total. The van der Waals surface area contributed by atoms with E-state index in [1.165, 1.54) is 34.3 Å². The van der Waals surface area contributed by atoms with Gasteiger partial charge in [0.15, 0.2) is 0 Å². The van der Waals surface area contributed by atoms with Crippen molar-refractivity contribution < 1.29 is 42.2 Å². The minimum Gasteiger partial charge on any atom is -0.481 e. The molecule has 2 amide bonds. The highest BCUT2D eigenvalue weighted by Crippen LogP contribution is 2.75. The number of benzene rings is 2. The van der Waals surface area contributed by atoms with E-state index in [4.69, 9.17) is 5.11 Å². The summed E-state index contributed by atoms with van der Waals surface area (Å²) in [7, 11) is 0. The van der Waals surface area contributed by atoms with E-state index in [-0.39, 0.29) is 31.3 Å². The summed E-state index contributed by atoms with van der Waals surface area (Å²) in [5.74, 6) is -3.90. The van der Waals surface area contributed by atoms with Crippen molar-refractivity contribution >= 4 is 30.2 Å². The van der Waals surface area contributed by atoms with Crippen molar-refractivity contribution in [3.8, 4) is 0 Å². The number of carboxylic acid groups (broad SMARTS) is 1. The van der Waals surface area contributed by atoms with Gasteiger partial charge < -0.3 is 10.2 Å². The molecule has 6 saturated carbocycles. The summed E-state index contributed by atoms with van der Waals surface area (Å²) >= 11 is 0. The first-order valence-corrected chi connectivity index (χ1v) is 14.8. The predicted molar refractivity (Wildman–Crippen MR) is 157 cm³/mol. The molecular weight excluding hydrogens is 608 g/mol. The van der Waals surface area contributed by atoms with Crippen molar-refractivity contribution in [2.75, 3.05) is 6.61 Å². The maximum absolute atomic E-state index is 13.4. The third kappa shape index (κ3) is 4.73. The summed E-state index contributed by atoms with van der Waals surface area (Å²) in [5.41, 5.74) is -1.13. The van der Waals surface area contributed by atoms with Crippen LogP contribution >= 0.6 is 0 Å². The Kier molecular flexibility index (Phi) is 7.42. The summed E-state index contributed by atoms with van der Waals surface area (Å²) in [6, 6.07) is 5.51. The number of hydrogen-bond acceptors (Lipinski definition) is 6. The summed E-state index contributed by atoms with van der Waals surface area (Å²) in [6.45, 7) is 0.115. The number of hydrogen-bond donors (Lipinski definition) is 2. The Morgan fingerprint density at radius 3 is 1.39 bits per heavy atom. The van der Waals surface area contributed by atoms with Crippen LogP contribution < -0.4 is 0 Å². The van der Waals surface area contributed by atoms with Crippen LogP contribution in [0.1, 0.15) is 82.0 Å². The Morgan fingerprint density at radius 2 is 1.04 bits per heavy atom. The van der Waals surface area contributed by atoms with Crippen molar-refractivity contribution in [1.82, 2.24) is 10.0 Å². The van der Waals surface area contributed by atoms with E-state index in [2.05, 4.69) is 10.2 Å². The number of amides is 2. The molecule has 2 aliphatic heterocycles. The average Bonchev–Trinajstić information content (AvgIpc) is 3.55. The van der Waals surface area contributed by atoms with E-state index in [1.807, 2.05) is 0 Å². The van der Waals surface area contributed by atoms with Crippen molar-refractivity contribution in [1.29, 1.82) is 0 Å². The molecule has 4 bridgehead atoms. The lowest BCUT2D eigenvalue weighted by atomic mass is 9.35. The van der Waals surface area contributed by atoms with Crippen LogP contribution in [0.4, 0.5) is 17.6 Å². The molecule has 2 N–H and O–H groups in total. The highest BCUT2D eigenvalue weighted by molar-refractivity contribution is 5.94. The van der Waals surface area contributed by atoms with Gasteiger partial charge in [-0.3, -0.25) is 14.4 Å². The Morgan fingerprint density at radius 1 is 0.674 bits per heavy atom. The number of hydrazone groups is 2. The monoisotopic (exact) mass is 642 g/mol. The van der Waals surface area contributed by atoms with Gasteiger partial charge in [-0.15, -0.1) is 0 Å². The zero-order valence-corrected chi connectivity index (χ0v) is 24.1. The standard InChI is InChI=1S/C16H14F2N2O3.C16H16F2N2O2.CH4/c17-10-3-9(4-11(18)5-10)12-1-2-19-20(12)13(21)15-6-16(7-15,8-15)14(22)23;17-11-3-10(4-12(18)5-11)13-1-2-19-20(13)14(22)16-6-15(7-16,8-16)9-21;/h2-5,12H,1,6-8H2,(H,22,23);2-5,13,21H,1,6-9H2;1H4. The number of rotatable bonds is 6. The van der Waals surface area contributed by atoms with Crippen molar-refractivity contribution in [3.05, 3.63) is 70.8 Å². The lowest BCUT2D eigenvalue weighted by Crippen LogP contribution is -2.70. The SMILES string of the molecule is C.O=C(N1N=CCC1c1cc(F)cc(F)c1)C12CC(CO)(C1)C2.O=C(O)C12CC(C(=O)N3N=CCC3c3cc(F)cc(F)c3)(C1)C2. The zero-order valence-electron chi connectivity index (χ0n) is 24.1. The topological polar surface area (TPSA) is 123 Å². The predicted octanol–water partition coefficient (Wildman–Crippen LogP) is 5.50. The Labute approximate surface area is 262 Å². The third-order valence-corrected chi connectivity index (χ3v) is 10.5. The molecule has 6 aliphatic carbocycles. The smallest absolute Gasteiger partial charge is 0.309 e. The number of aliphatic hydroxyl groups is 1. The van der Waals surface area contributed by atoms with Crippen LogP contribution in [0.3, 0.4) is 0 Å². The van der Waals surface area contributed by atoms with Crippen LogP contribution in [0.25, 0.3) is 0 Å². The first-order chi connectivity index (χ1) is 21.3. The van der Waals surface area contributed by atoms with Crippen LogP contribution in [0.15, 0.2) is 46.6 Å². The van der Waals surface area contributed by atoms with Gasteiger partial charge in [-0.25, -0.2) is 27.6 Å². The minimum atomic E-state index is -0.860. The van der Waals surface area contributed by atoms with Crippen LogP contribution in [0, 0.1) is 44.9 Å². The summed E-state index contributed by atoms with van der Waals surface area (Å²) < 4.78 is 53.7. The number of halogens is 4. The normalized spacial score (nSPS) is 33.8. The first-order valence-electron chi connectivity index (χ1n) is 14.8. The highest BCUT2D eigenvalue weighted by atomic mass is 19.1. The van der Waals surface area contributed by atoms with Gasteiger partial charge in [0.05, 0.1) is 28.3 Å². The van der Waals surface area contributed by atoms with Crippen molar-refractivity contribution in [2.24, 2.45) is 31.9 Å². The molecular formula is C33H34F4N4O5. The van der Waals surface area contributed by atoms with Gasteiger partial charge in [-0.2, -0.15) is 10.2 Å². The van der Waals surface area contributed by atoms with Crippen LogP contribution in [0.2, 0.25) is 0 Å². The molecule has 6 fully saturated rings. The van der Waals surface area contributed by atoms with E-state index in [9.17, 15) is 37.1 Å². The highest BCUT2D eigenvalue weighted by Gasteiger charge is 2.76. The molecule has 2 heterocycles. The second-order valence-corrected chi connectivity index (χ2v) is 13.7. The number of carboxylic acids is 1. The van der Waals surface area contributed by atoms with Gasteiger partial charge in [-0.05, 0) is 79.3 Å². The summed E-state index contributed by atoms with van der Waals surface area (Å²) in [4.78, 5) is 36.6. The van der Waals surface area contributed by atoms with Crippen LogP contribution in [-0.4, -0.2) is 57.1 Å². The number of carbonyl (C=O) groups is 3. The van der Waals surface area contributed by atoms with Crippen molar-refractivity contribution in [3.63, 3.8) is 0 Å². The van der Waals surface area contributed by atoms with Gasteiger partial charge >= 0.3 is 5.97 Å². The van der Waals surface area contributed by atoms with Crippen LogP contribution in [0.5, 0.6) is 0 Å². The Hall–Kier alpha value is -4.13. The number of nitrogens with zero attached hydrogens (tertiary/aromatic N) is 4. The van der Waals surface area contributed by atoms with E-state index in [1.54, 1.807) is 12.4 Å². The fraction of sp³-hybridized carbons (Fsp3) is 0.485. The fourth-order valence-electron chi connectivity index (χ4n) is 8.43. The number of aliphatic hydroxyl groups excluding tert-OH is 1. The molecule has 8 aliphatic rings. The van der Waals surface area contributed by atoms with Gasteiger partial charge in [0.1, 0.15) is 23.3 Å². The van der Waals surface area contributed by atoms with E-state index >= 15 is 0 Å². The van der Waals surface area contributed by atoms with Gasteiger partial charge in [-0.1, -0.05) is 7.43 Å². The molecule has 13 heteroatoms. The lowest BCUT2D eigenvalue weighted by molar-refractivity contribution is -0.229. The molecule has 2 unspecified atom stereocenters. The average molecular weight is 643 g/mol. The molecule has 2 atom stereocenters. The second-order valence-electron chi connectivity index (χ2n) is 13.7. The summed E-state index contributed by atoms with van der Waals surface area (Å²) in [5, 5.41) is 29.3. The molecule has 0 radical (unpaired) electrons. The number of carbonyl (C=O) groups excluding carboxylic acids is 2. The van der Waals surface area contributed by atoms with Gasteiger partial charge in [0.2, 0.25) is 11.8 Å². The van der Waals surface area contributed by atoms with Crippen molar-refractivity contribution in [2.45, 2.75) is 70.9 Å². The minimum absolute atomic E-state index is 0. The maximum atomic E-state index is 13.4. The maximum Gasteiger partial charge on any atom is 0.309 e. The molecule has 0 aromatic heterocycles. The molecule has 0 spiro atoms. The summed E-state index contributed by atoms with van der Waals surface area (Å²) in [6.07, 6.45) is 7.02. The first kappa shape index (κ1) is 31.8. The molecule has 0 saturated heterocycles. The van der Waals surface area contributed by atoms with Gasteiger partial charge in [0, 0.05) is 44.0 Å². The molecule has 46 heavy (non-hydrogen) atoms. The Balaban J connectivity index is 0.000000158. The molecule has 244 valence electrons. The van der Waals surface area contributed by atoms with E-state index in [0.717, 1.165) is 12.1 Å². The number of aliphatic carboxylic acids is 1. The largest absolute Gasteiger partial charge is 0.481 e. The lowest BCUT2D eigenvalue weighted by Gasteiger charge is -2.69. The molecule has 2 aromatic carbocycles. The molecule has 10 rings (SSSR count). The van der Waals surface area contributed by atoms with E-state index in [0.29, 0.717) is 62.5 Å². The third-order valence-electron chi connectivity index (χ3n) is 10.5. The molecule has 2 aromatic rings. The second kappa shape index (κ2) is 10.7. The van der Waals surface area contributed by atoms with Crippen LogP contribution in [-0.2, 0) is 14.4 Å². The van der Waals surface area contributed by atoms with E-state index < -0.39 is 57.6 Å². The zero-order chi connectivity index (χ0) is 31.9. The quantitative estimate of drug-likeness (QED) is 0.403. The van der Waals surface area contributed by atoms with Gasteiger partial charge in [0.25, 0.3) is 0 Å². The fourth-order valence-corrected chi connectivity index (χ4v) is 8.43.